The molecule has 3 aromatic rings. The summed E-state index contributed by atoms with van der Waals surface area (Å²) >= 11 is 0. The van der Waals surface area contributed by atoms with Crippen molar-refractivity contribution in [3.8, 4) is 22.9 Å². The van der Waals surface area contributed by atoms with E-state index in [-0.39, 0.29) is 12.5 Å². The van der Waals surface area contributed by atoms with Gasteiger partial charge in [0.1, 0.15) is 0 Å². The maximum atomic E-state index is 12.1. The van der Waals surface area contributed by atoms with Gasteiger partial charge in [0.05, 0.1) is 19.8 Å². The van der Waals surface area contributed by atoms with Crippen LogP contribution in [0.4, 0.5) is 0 Å². The fourth-order valence-corrected chi connectivity index (χ4v) is 2.41. The number of rotatable bonds is 6. The minimum absolute atomic E-state index is 0.104. The third kappa shape index (κ3) is 3.66. The molecule has 1 heterocycles. The highest BCUT2D eigenvalue weighted by Gasteiger charge is 2.15. The van der Waals surface area contributed by atoms with E-state index < -0.39 is 5.97 Å². The molecule has 1 aromatic heterocycles. The minimum atomic E-state index is -0.436. The first-order valence-corrected chi connectivity index (χ1v) is 7.90. The van der Waals surface area contributed by atoms with E-state index in [0.29, 0.717) is 28.5 Å². The van der Waals surface area contributed by atoms with Gasteiger partial charge in [0.25, 0.3) is 5.89 Å². The van der Waals surface area contributed by atoms with Crippen molar-refractivity contribution in [2.45, 2.75) is 13.5 Å². The number of hydrogen-bond donors (Lipinski definition) is 0. The predicted molar refractivity (Wildman–Crippen MR) is 93.1 cm³/mol. The van der Waals surface area contributed by atoms with E-state index in [1.807, 2.05) is 19.1 Å². The molecular formula is C19H18N2O5. The standard InChI is InChI=1S/C19H18N2O5/c1-12-6-4-5-7-14(12)19(22)25-11-17-20-18(21-26-17)13-8-9-15(23-2)16(10-13)24-3/h4-10H,11H2,1-3H3. The van der Waals surface area contributed by atoms with Crippen molar-refractivity contribution in [1.29, 1.82) is 0 Å². The fraction of sp³-hybridized carbons (Fsp3) is 0.211. The first-order chi connectivity index (χ1) is 12.6. The van der Waals surface area contributed by atoms with Crippen LogP contribution < -0.4 is 9.47 Å². The molecule has 0 radical (unpaired) electrons. The van der Waals surface area contributed by atoms with Crippen LogP contribution in [0.3, 0.4) is 0 Å². The summed E-state index contributed by atoms with van der Waals surface area (Å²) in [6, 6.07) is 12.5. The largest absolute Gasteiger partial charge is 0.493 e. The second kappa shape index (κ2) is 7.69. The van der Waals surface area contributed by atoms with Crippen molar-refractivity contribution in [3.05, 3.63) is 59.5 Å². The van der Waals surface area contributed by atoms with Crippen molar-refractivity contribution < 1.29 is 23.5 Å². The zero-order valence-corrected chi connectivity index (χ0v) is 14.7. The van der Waals surface area contributed by atoms with Gasteiger partial charge in [0, 0.05) is 5.56 Å². The van der Waals surface area contributed by atoms with Gasteiger partial charge >= 0.3 is 5.97 Å². The van der Waals surface area contributed by atoms with Crippen LogP contribution in [0.15, 0.2) is 47.0 Å². The Balaban J connectivity index is 1.70. The number of nitrogens with zero attached hydrogens (tertiary/aromatic N) is 2. The topological polar surface area (TPSA) is 83.7 Å². The first-order valence-electron chi connectivity index (χ1n) is 7.90. The molecule has 0 spiro atoms. The number of aryl methyl sites for hydroxylation is 1. The summed E-state index contributed by atoms with van der Waals surface area (Å²) in [6.45, 7) is 1.74. The van der Waals surface area contributed by atoms with E-state index >= 15 is 0 Å². The van der Waals surface area contributed by atoms with Gasteiger partial charge in [0.15, 0.2) is 18.1 Å². The van der Waals surface area contributed by atoms with Gasteiger partial charge in [-0.25, -0.2) is 4.79 Å². The molecule has 0 unspecified atom stereocenters. The van der Waals surface area contributed by atoms with Gasteiger partial charge in [-0.3, -0.25) is 0 Å². The first kappa shape index (κ1) is 17.5. The summed E-state index contributed by atoms with van der Waals surface area (Å²) < 4.78 is 20.9. The summed E-state index contributed by atoms with van der Waals surface area (Å²) in [4.78, 5) is 16.4. The van der Waals surface area contributed by atoms with Gasteiger partial charge in [0.2, 0.25) is 5.82 Å². The maximum Gasteiger partial charge on any atom is 0.338 e. The Bertz CT molecular complexity index is 920. The minimum Gasteiger partial charge on any atom is -0.493 e. The highest BCUT2D eigenvalue weighted by molar-refractivity contribution is 5.90. The molecule has 0 aliphatic carbocycles. The highest BCUT2D eigenvalue weighted by Crippen LogP contribution is 2.31. The van der Waals surface area contributed by atoms with Crippen molar-refractivity contribution in [2.24, 2.45) is 0 Å². The lowest BCUT2D eigenvalue weighted by Gasteiger charge is -2.07. The lowest BCUT2D eigenvalue weighted by atomic mass is 10.1. The Morgan fingerprint density at radius 1 is 1.08 bits per heavy atom. The fourth-order valence-electron chi connectivity index (χ4n) is 2.41. The van der Waals surface area contributed by atoms with Crippen LogP contribution in [0.2, 0.25) is 0 Å². The molecule has 0 aliphatic rings. The van der Waals surface area contributed by atoms with Gasteiger partial charge in [-0.2, -0.15) is 4.98 Å². The lowest BCUT2D eigenvalue weighted by molar-refractivity contribution is 0.0429. The zero-order chi connectivity index (χ0) is 18.5. The number of carbonyl (C=O) groups excluding carboxylic acids is 1. The van der Waals surface area contributed by atoms with E-state index in [2.05, 4.69) is 10.1 Å². The van der Waals surface area contributed by atoms with Crippen LogP contribution in [0.1, 0.15) is 21.8 Å². The number of carbonyl (C=O) groups is 1. The molecule has 0 bridgehead atoms. The number of aromatic nitrogens is 2. The van der Waals surface area contributed by atoms with E-state index in [1.54, 1.807) is 44.6 Å². The van der Waals surface area contributed by atoms with Crippen molar-refractivity contribution in [1.82, 2.24) is 10.1 Å². The Labute approximate surface area is 150 Å². The van der Waals surface area contributed by atoms with Crippen LogP contribution in [-0.4, -0.2) is 30.3 Å². The third-order valence-corrected chi connectivity index (χ3v) is 3.80. The highest BCUT2D eigenvalue weighted by atomic mass is 16.6. The Morgan fingerprint density at radius 3 is 2.58 bits per heavy atom. The molecule has 0 fully saturated rings. The lowest BCUT2D eigenvalue weighted by Crippen LogP contribution is -2.07. The quantitative estimate of drug-likeness (QED) is 0.627. The molecule has 0 atom stereocenters. The molecule has 2 aromatic carbocycles. The van der Waals surface area contributed by atoms with Gasteiger partial charge in [-0.05, 0) is 36.8 Å². The van der Waals surface area contributed by atoms with Crippen molar-refractivity contribution >= 4 is 5.97 Å². The van der Waals surface area contributed by atoms with Crippen LogP contribution in [0.25, 0.3) is 11.4 Å². The van der Waals surface area contributed by atoms with Crippen LogP contribution >= 0.6 is 0 Å². The molecule has 0 saturated carbocycles. The Hall–Kier alpha value is -3.35. The normalized spacial score (nSPS) is 10.4. The average Bonchev–Trinajstić information content (AvgIpc) is 3.15. The van der Waals surface area contributed by atoms with Gasteiger partial charge < -0.3 is 18.7 Å². The molecule has 7 nitrogen and oxygen atoms in total. The molecular weight excluding hydrogens is 336 g/mol. The molecule has 0 aliphatic heterocycles. The molecule has 0 N–H and O–H groups in total. The zero-order valence-electron chi connectivity index (χ0n) is 14.7. The summed E-state index contributed by atoms with van der Waals surface area (Å²) in [6.07, 6.45) is 0. The smallest absolute Gasteiger partial charge is 0.338 e. The van der Waals surface area contributed by atoms with E-state index in [0.717, 1.165) is 5.56 Å². The van der Waals surface area contributed by atoms with Crippen LogP contribution in [0.5, 0.6) is 11.5 Å². The third-order valence-electron chi connectivity index (χ3n) is 3.80. The Kier molecular flexibility index (Phi) is 5.17. The number of hydrogen-bond acceptors (Lipinski definition) is 7. The van der Waals surface area contributed by atoms with E-state index in [1.165, 1.54) is 0 Å². The summed E-state index contributed by atoms with van der Waals surface area (Å²) in [5, 5.41) is 3.91. The van der Waals surface area contributed by atoms with E-state index in [4.69, 9.17) is 18.7 Å². The van der Waals surface area contributed by atoms with E-state index in [9.17, 15) is 4.79 Å². The second-order valence-corrected chi connectivity index (χ2v) is 5.47. The summed E-state index contributed by atoms with van der Waals surface area (Å²) in [5.41, 5.74) is 2.05. The maximum absolute atomic E-state index is 12.1. The molecule has 7 heteroatoms. The molecule has 0 amide bonds. The number of benzene rings is 2. The number of methoxy groups -OCH3 is 2. The average molecular weight is 354 g/mol. The van der Waals surface area contributed by atoms with Crippen LogP contribution in [0, 0.1) is 6.92 Å². The van der Waals surface area contributed by atoms with Gasteiger partial charge in [-0.15, -0.1) is 0 Å². The molecule has 3 rings (SSSR count). The molecule has 26 heavy (non-hydrogen) atoms. The van der Waals surface area contributed by atoms with Crippen LogP contribution in [-0.2, 0) is 11.3 Å². The predicted octanol–water partition coefficient (Wildman–Crippen LogP) is 3.42. The number of ether oxygens (including phenoxy) is 3. The van der Waals surface area contributed by atoms with Gasteiger partial charge in [-0.1, -0.05) is 23.4 Å². The number of esters is 1. The SMILES string of the molecule is COc1ccc(-c2noc(COC(=O)c3ccccc3C)n2)cc1OC. The monoisotopic (exact) mass is 354 g/mol. The molecule has 134 valence electrons. The summed E-state index contributed by atoms with van der Waals surface area (Å²) in [5.74, 6) is 1.30. The Morgan fingerprint density at radius 2 is 1.85 bits per heavy atom. The summed E-state index contributed by atoms with van der Waals surface area (Å²) in [7, 11) is 3.11. The van der Waals surface area contributed by atoms with Crippen molar-refractivity contribution in [2.75, 3.05) is 14.2 Å². The van der Waals surface area contributed by atoms with Crippen molar-refractivity contribution in [3.63, 3.8) is 0 Å². The molecule has 0 saturated heterocycles. The second-order valence-electron chi connectivity index (χ2n) is 5.47.